The predicted octanol–water partition coefficient (Wildman–Crippen LogP) is 2.20. The molecule has 0 aromatic rings. The van der Waals surface area contributed by atoms with Gasteiger partial charge >= 0.3 is 0 Å². The van der Waals surface area contributed by atoms with Gasteiger partial charge in [-0.25, -0.2) is 4.39 Å². The smallest absolute Gasteiger partial charge is 0.146 e. The summed E-state index contributed by atoms with van der Waals surface area (Å²) in [6.45, 7) is 5.41. The third-order valence-electron chi connectivity index (χ3n) is 1.48. The summed E-state index contributed by atoms with van der Waals surface area (Å²) in [5.74, 6) is -0.248. The second-order valence-electron chi connectivity index (χ2n) is 2.43. The van der Waals surface area contributed by atoms with Gasteiger partial charge in [-0.1, -0.05) is 6.58 Å². The van der Waals surface area contributed by atoms with Crippen molar-refractivity contribution in [2.75, 3.05) is 7.05 Å². The van der Waals surface area contributed by atoms with Gasteiger partial charge < -0.3 is 4.90 Å². The maximum atomic E-state index is 12.8. The van der Waals surface area contributed by atoms with Crippen LogP contribution >= 0.6 is 0 Å². The fourth-order valence-electron chi connectivity index (χ4n) is 0.866. The lowest BCUT2D eigenvalue weighted by molar-refractivity contribution is 0.548. The van der Waals surface area contributed by atoms with Gasteiger partial charge in [0.2, 0.25) is 0 Å². The van der Waals surface area contributed by atoms with Gasteiger partial charge in [0, 0.05) is 25.0 Å². The van der Waals surface area contributed by atoms with Gasteiger partial charge in [-0.15, -0.1) is 0 Å². The van der Waals surface area contributed by atoms with E-state index in [2.05, 4.69) is 6.58 Å². The zero-order valence-electron chi connectivity index (χ0n) is 6.19. The second-order valence-corrected chi connectivity index (χ2v) is 2.43. The standard InChI is InChI=1S/C8H10FN/c1-6-4-10(3)5-8(9)7(6)2/h4-5H,2H2,1,3H3. The average Bonchev–Trinajstić information content (AvgIpc) is 1.82. The van der Waals surface area contributed by atoms with Crippen LogP contribution < -0.4 is 0 Å². The lowest BCUT2D eigenvalue weighted by Gasteiger charge is -2.17. The van der Waals surface area contributed by atoms with E-state index in [9.17, 15) is 4.39 Å². The molecule has 0 bridgehead atoms. The molecule has 0 aromatic heterocycles. The molecule has 0 unspecified atom stereocenters. The van der Waals surface area contributed by atoms with Crippen LogP contribution in [-0.2, 0) is 0 Å². The van der Waals surface area contributed by atoms with Crippen molar-refractivity contribution in [2.45, 2.75) is 6.92 Å². The Morgan fingerprint density at radius 3 is 2.60 bits per heavy atom. The Labute approximate surface area is 60.1 Å². The molecule has 2 heteroatoms. The zero-order chi connectivity index (χ0) is 7.72. The van der Waals surface area contributed by atoms with Crippen LogP contribution in [0.15, 0.2) is 36.0 Å². The molecule has 10 heavy (non-hydrogen) atoms. The fraction of sp³-hybridized carbons (Fsp3) is 0.250. The number of hydrogen-bond acceptors (Lipinski definition) is 1. The van der Waals surface area contributed by atoms with Crippen molar-refractivity contribution in [2.24, 2.45) is 0 Å². The van der Waals surface area contributed by atoms with Crippen molar-refractivity contribution in [1.82, 2.24) is 4.90 Å². The molecule has 0 N–H and O–H groups in total. The van der Waals surface area contributed by atoms with Crippen molar-refractivity contribution in [3.05, 3.63) is 36.0 Å². The lowest BCUT2D eigenvalue weighted by atomic mass is 10.1. The molecule has 1 aliphatic heterocycles. The van der Waals surface area contributed by atoms with E-state index in [-0.39, 0.29) is 5.83 Å². The monoisotopic (exact) mass is 139 g/mol. The maximum Gasteiger partial charge on any atom is 0.146 e. The summed E-state index contributed by atoms with van der Waals surface area (Å²) >= 11 is 0. The normalized spacial score (nSPS) is 18.7. The summed E-state index contributed by atoms with van der Waals surface area (Å²) < 4.78 is 12.8. The molecule has 0 amide bonds. The summed E-state index contributed by atoms with van der Waals surface area (Å²) in [6, 6.07) is 0. The molecule has 0 saturated carbocycles. The third-order valence-corrected chi connectivity index (χ3v) is 1.48. The fourth-order valence-corrected chi connectivity index (χ4v) is 0.866. The highest BCUT2D eigenvalue weighted by Crippen LogP contribution is 2.22. The number of hydrogen-bond donors (Lipinski definition) is 0. The highest BCUT2D eigenvalue weighted by Gasteiger charge is 2.09. The summed E-state index contributed by atoms with van der Waals surface area (Å²) in [5.41, 5.74) is 1.36. The molecule has 54 valence electrons. The van der Waals surface area contributed by atoms with Gasteiger partial charge in [0.25, 0.3) is 0 Å². The molecule has 0 saturated heterocycles. The molecular formula is C8H10FN. The first kappa shape index (κ1) is 7.06. The molecule has 0 atom stereocenters. The van der Waals surface area contributed by atoms with Crippen molar-refractivity contribution in [3.63, 3.8) is 0 Å². The van der Waals surface area contributed by atoms with Crippen LogP contribution in [0.3, 0.4) is 0 Å². The molecule has 1 nitrogen and oxygen atoms in total. The van der Waals surface area contributed by atoms with E-state index < -0.39 is 0 Å². The van der Waals surface area contributed by atoms with E-state index in [0.717, 1.165) is 5.57 Å². The third kappa shape index (κ3) is 1.10. The van der Waals surface area contributed by atoms with Crippen molar-refractivity contribution in [1.29, 1.82) is 0 Å². The molecule has 0 radical (unpaired) electrons. The Hall–Kier alpha value is -1.05. The van der Waals surface area contributed by atoms with Crippen molar-refractivity contribution in [3.8, 4) is 0 Å². The summed E-state index contributed by atoms with van der Waals surface area (Å²) in [4.78, 5) is 1.68. The molecule has 0 aliphatic carbocycles. The number of nitrogens with zero attached hydrogens (tertiary/aromatic N) is 1. The van der Waals surface area contributed by atoms with Crippen LogP contribution in [0.25, 0.3) is 0 Å². The van der Waals surface area contributed by atoms with E-state index in [4.69, 9.17) is 0 Å². The first-order chi connectivity index (χ1) is 4.61. The van der Waals surface area contributed by atoms with Gasteiger partial charge in [0.05, 0.1) is 0 Å². The van der Waals surface area contributed by atoms with Crippen LogP contribution in [0, 0.1) is 0 Å². The molecule has 0 spiro atoms. The average molecular weight is 139 g/mol. The van der Waals surface area contributed by atoms with Crippen LogP contribution in [0.1, 0.15) is 6.92 Å². The minimum absolute atomic E-state index is 0.248. The van der Waals surface area contributed by atoms with E-state index in [1.54, 1.807) is 11.9 Å². The Bertz CT molecular complexity index is 203. The predicted molar refractivity (Wildman–Crippen MR) is 39.9 cm³/mol. The van der Waals surface area contributed by atoms with Crippen LogP contribution in [-0.4, -0.2) is 11.9 Å². The summed E-state index contributed by atoms with van der Waals surface area (Å²) in [5, 5.41) is 0. The van der Waals surface area contributed by atoms with E-state index in [1.807, 2.05) is 13.1 Å². The molecule has 1 heterocycles. The van der Waals surface area contributed by atoms with Crippen molar-refractivity contribution < 1.29 is 4.39 Å². The van der Waals surface area contributed by atoms with Crippen molar-refractivity contribution >= 4 is 0 Å². The number of halogens is 1. The summed E-state index contributed by atoms with van der Waals surface area (Å²) in [6.07, 6.45) is 3.25. The van der Waals surface area contributed by atoms with E-state index in [1.165, 1.54) is 6.20 Å². The minimum Gasteiger partial charge on any atom is -0.354 e. The van der Waals surface area contributed by atoms with Gasteiger partial charge in [-0.3, -0.25) is 0 Å². The molecule has 0 fully saturated rings. The zero-order valence-corrected chi connectivity index (χ0v) is 6.19. The van der Waals surface area contributed by atoms with E-state index >= 15 is 0 Å². The van der Waals surface area contributed by atoms with Gasteiger partial charge in [0.1, 0.15) is 5.83 Å². The topological polar surface area (TPSA) is 3.24 Å². The largest absolute Gasteiger partial charge is 0.354 e. The Kier molecular flexibility index (Phi) is 1.62. The van der Waals surface area contributed by atoms with Crippen LogP contribution in [0.5, 0.6) is 0 Å². The molecule has 0 aromatic carbocycles. The number of allylic oxidation sites excluding steroid dienone is 3. The van der Waals surface area contributed by atoms with E-state index in [0.29, 0.717) is 5.57 Å². The highest BCUT2D eigenvalue weighted by molar-refractivity contribution is 5.42. The Balaban J connectivity index is 2.94. The number of rotatable bonds is 0. The maximum absolute atomic E-state index is 12.8. The first-order valence-corrected chi connectivity index (χ1v) is 3.08. The Morgan fingerprint density at radius 2 is 2.10 bits per heavy atom. The highest BCUT2D eigenvalue weighted by atomic mass is 19.1. The minimum atomic E-state index is -0.248. The first-order valence-electron chi connectivity index (χ1n) is 3.08. The molecular weight excluding hydrogens is 129 g/mol. The second kappa shape index (κ2) is 2.29. The SMILES string of the molecule is C=C1C(C)=CN(C)C=C1F. The quantitative estimate of drug-likeness (QED) is 0.497. The summed E-state index contributed by atoms with van der Waals surface area (Å²) in [7, 11) is 1.79. The van der Waals surface area contributed by atoms with Gasteiger partial charge in [-0.05, 0) is 12.5 Å². The van der Waals surface area contributed by atoms with Crippen LogP contribution in [0.2, 0.25) is 0 Å². The molecule has 1 rings (SSSR count). The van der Waals surface area contributed by atoms with Crippen LogP contribution in [0.4, 0.5) is 4.39 Å². The lowest BCUT2D eigenvalue weighted by Crippen LogP contribution is -2.08. The van der Waals surface area contributed by atoms with Gasteiger partial charge in [-0.2, -0.15) is 0 Å². The Morgan fingerprint density at radius 1 is 1.50 bits per heavy atom. The molecule has 1 aliphatic rings. The van der Waals surface area contributed by atoms with Gasteiger partial charge in [0.15, 0.2) is 0 Å².